The summed E-state index contributed by atoms with van der Waals surface area (Å²) in [5, 5.41) is 9.27. The summed E-state index contributed by atoms with van der Waals surface area (Å²) in [5.74, 6) is 1.55. The molecule has 0 spiro atoms. The van der Waals surface area contributed by atoms with Gasteiger partial charge >= 0.3 is 0 Å². The fraction of sp³-hybridized carbons (Fsp3) is 0.615. The molecule has 0 saturated heterocycles. The highest BCUT2D eigenvalue weighted by Crippen LogP contribution is 2.28. The molecular weight excluding hydrogens is 214 g/mol. The van der Waals surface area contributed by atoms with Crippen molar-refractivity contribution in [3.63, 3.8) is 0 Å². The Kier molecular flexibility index (Phi) is 3.64. The van der Waals surface area contributed by atoms with Crippen LogP contribution in [0.3, 0.4) is 0 Å². The number of nitrogens with zero attached hydrogens (tertiary/aromatic N) is 2. The van der Waals surface area contributed by atoms with E-state index in [4.69, 9.17) is 5.73 Å². The van der Waals surface area contributed by atoms with Crippen LogP contribution < -0.4 is 10.6 Å². The minimum atomic E-state index is -0.0863. The van der Waals surface area contributed by atoms with Crippen LogP contribution in [0.2, 0.25) is 0 Å². The van der Waals surface area contributed by atoms with Crippen molar-refractivity contribution in [2.45, 2.75) is 31.9 Å². The van der Waals surface area contributed by atoms with Gasteiger partial charge in [-0.05, 0) is 43.4 Å². The zero-order valence-corrected chi connectivity index (χ0v) is 10.5. The molecule has 0 radical (unpaired) electrons. The van der Waals surface area contributed by atoms with Gasteiger partial charge < -0.3 is 15.7 Å². The van der Waals surface area contributed by atoms with Crippen molar-refractivity contribution in [1.29, 1.82) is 0 Å². The molecule has 17 heavy (non-hydrogen) atoms. The number of aliphatic hydroxyl groups is 1. The first-order valence-electron chi connectivity index (χ1n) is 6.17. The van der Waals surface area contributed by atoms with Crippen LogP contribution in [0, 0.1) is 5.92 Å². The van der Waals surface area contributed by atoms with Crippen molar-refractivity contribution in [2.75, 3.05) is 18.5 Å². The zero-order chi connectivity index (χ0) is 12.4. The Labute approximate surface area is 102 Å². The summed E-state index contributed by atoms with van der Waals surface area (Å²) in [6.45, 7) is 2.92. The van der Waals surface area contributed by atoms with Crippen LogP contribution in [0.5, 0.6) is 0 Å². The molecule has 1 aromatic rings. The Morgan fingerprint density at radius 1 is 1.59 bits per heavy atom. The topological polar surface area (TPSA) is 62.4 Å². The van der Waals surface area contributed by atoms with Crippen LogP contribution in [0.1, 0.15) is 31.4 Å². The average Bonchev–Trinajstić information content (AvgIpc) is 2.27. The van der Waals surface area contributed by atoms with Gasteiger partial charge in [0.15, 0.2) is 0 Å². The van der Waals surface area contributed by atoms with E-state index in [-0.39, 0.29) is 12.1 Å². The molecule has 0 bridgehead atoms. The molecular formula is C13H21N3O. The number of aromatic nitrogens is 1. The second-order valence-electron chi connectivity index (χ2n) is 5.11. The van der Waals surface area contributed by atoms with Crippen LogP contribution in [0.25, 0.3) is 0 Å². The molecule has 0 aliphatic heterocycles. The monoisotopic (exact) mass is 235 g/mol. The molecule has 1 atom stereocenters. The Bertz CT molecular complexity index is 375. The first-order valence-corrected chi connectivity index (χ1v) is 6.17. The summed E-state index contributed by atoms with van der Waals surface area (Å²) in [6.07, 6.45) is 3.55. The maximum atomic E-state index is 9.27. The van der Waals surface area contributed by atoms with Crippen LogP contribution in [-0.2, 0) is 0 Å². The van der Waals surface area contributed by atoms with Crippen LogP contribution in [-0.4, -0.2) is 29.8 Å². The van der Waals surface area contributed by atoms with Gasteiger partial charge in [0.2, 0.25) is 0 Å². The molecule has 1 saturated carbocycles. The smallest absolute Gasteiger partial charge is 0.128 e. The minimum absolute atomic E-state index is 0.0377. The van der Waals surface area contributed by atoms with E-state index >= 15 is 0 Å². The predicted octanol–water partition coefficient (Wildman–Crippen LogP) is 1.31. The molecule has 0 amide bonds. The second-order valence-corrected chi connectivity index (χ2v) is 5.11. The van der Waals surface area contributed by atoms with Crippen molar-refractivity contribution in [3.8, 4) is 0 Å². The number of anilines is 1. The molecule has 0 unspecified atom stereocenters. The molecule has 1 fully saturated rings. The molecule has 2 rings (SSSR count). The first-order chi connectivity index (χ1) is 8.06. The third-order valence-electron chi connectivity index (χ3n) is 3.43. The zero-order valence-electron chi connectivity index (χ0n) is 10.5. The number of hydrogen-bond acceptors (Lipinski definition) is 4. The summed E-state index contributed by atoms with van der Waals surface area (Å²) in [6, 6.07) is 4.03. The van der Waals surface area contributed by atoms with Crippen LogP contribution in [0.4, 0.5) is 5.82 Å². The van der Waals surface area contributed by atoms with Gasteiger partial charge in [-0.1, -0.05) is 0 Å². The van der Waals surface area contributed by atoms with Gasteiger partial charge in [-0.15, -0.1) is 0 Å². The highest BCUT2D eigenvalue weighted by atomic mass is 16.3. The fourth-order valence-electron chi connectivity index (χ4n) is 2.26. The molecule has 4 heteroatoms. The lowest BCUT2D eigenvalue weighted by Crippen LogP contribution is -2.37. The van der Waals surface area contributed by atoms with Gasteiger partial charge in [0.25, 0.3) is 0 Å². The molecule has 1 aliphatic carbocycles. The summed E-state index contributed by atoms with van der Waals surface area (Å²) >= 11 is 0. The van der Waals surface area contributed by atoms with Gasteiger partial charge in [-0.25, -0.2) is 4.98 Å². The Balaban J connectivity index is 1.98. The van der Waals surface area contributed by atoms with Crippen molar-refractivity contribution < 1.29 is 5.11 Å². The lowest BCUT2D eigenvalue weighted by atomic mass is 9.82. The van der Waals surface area contributed by atoms with Gasteiger partial charge in [0.05, 0.1) is 6.10 Å². The van der Waals surface area contributed by atoms with Gasteiger partial charge in [-0.2, -0.15) is 0 Å². The SMILES string of the molecule is C[C@@H](N)c1ccnc(N(C)CC2CC(O)C2)c1. The third-order valence-corrected chi connectivity index (χ3v) is 3.43. The van der Waals surface area contributed by atoms with E-state index in [1.807, 2.05) is 26.1 Å². The normalized spacial score (nSPS) is 25.2. The number of aliphatic hydroxyl groups excluding tert-OH is 1. The maximum absolute atomic E-state index is 9.27. The molecule has 0 aromatic carbocycles. The highest BCUT2D eigenvalue weighted by Gasteiger charge is 2.28. The third kappa shape index (κ3) is 2.96. The first kappa shape index (κ1) is 12.3. The molecule has 3 N–H and O–H groups in total. The fourth-order valence-corrected chi connectivity index (χ4v) is 2.26. The maximum Gasteiger partial charge on any atom is 0.128 e. The van der Waals surface area contributed by atoms with Gasteiger partial charge in [-0.3, -0.25) is 0 Å². The lowest BCUT2D eigenvalue weighted by molar-refractivity contribution is 0.0464. The van der Waals surface area contributed by atoms with E-state index in [2.05, 4.69) is 9.88 Å². The summed E-state index contributed by atoms with van der Waals surface area (Å²) < 4.78 is 0. The molecule has 1 aliphatic rings. The Morgan fingerprint density at radius 2 is 2.29 bits per heavy atom. The Morgan fingerprint density at radius 3 is 2.88 bits per heavy atom. The predicted molar refractivity (Wildman–Crippen MR) is 68.8 cm³/mol. The quantitative estimate of drug-likeness (QED) is 0.826. The van der Waals surface area contributed by atoms with E-state index in [1.165, 1.54) is 0 Å². The van der Waals surface area contributed by atoms with E-state index < -0.39 is 0 Å². The number of pyridine rings is 1. The molecule has 94 valence electrons. The van der Waals surface area contributed by atoms with Crippen LogP contribution >= 0.6 is 0 Å². The van der Waals surface area contributed by atoms with E-state index in [0.717, 1.165) is 30.8 Å². The number of rotatable bonds is 4. The van der Waals surface area contributed by atoms with Crippen LogP contribution in [0.15, 0.2) is 18.3 Å². The number of nitrogens with two attached hydrogens (primary N) is 1. The highest BCUT2D eigenvalue weighted by molar-refractivity contribution is 5.41. The van der Waals surface area contributed by atoms with E-state index in [9.17, 15) is 5.11 Å². The molecule has 1 aromatic heterocycles. The Hall–Kier alpha value is -1.13. The van der Waals surface area contributed by atoms with Gasteiger partial charge in [0, 0.05) is 25.8 Å². The summed E-state index contributed by atoms with van der Waals surface area (Å²) in [7, 11) is 2.04. The standard InChI is InChI=1S/C13H21N3O/c1-9(14)11-3-4-15-13(7-11)16(2)8-10-5-12(17)6-10/h3-4,7,9-10,12,17H,5-6,8,14H2,1-2H3/t9-,10?,12?/m1/s1. The van der Waals surface area contributed by atoms with Crippen molar-refractivity contribution >= 4 is 5.82 Å². The van der Waals surface area contributed by atoms with Crippen molar-refractivity contribution in [3.05, 3.63) is 23.9 Å². The molecule has 1 heterocycles. The summed E-state index contributed by atoms with van der Waals surface area (Å²) in [5.41, 5.74) is 6.97. The minimum Gasteiger partial charge on any atom is -0.393 e. The average molecular weight is 235 g/mol. The van der Waals surface area contributed by atoms with E-state index in [0.29, 0.717) is 5.92 Å². The van der Waals surface area contributed by atoms with E-state index in [1.54, 1.807) is 6.20 Å². The largest absolute Gasteiger partial charge is 0.393 e. The van der Waals surface area contributed by atoms with Crippen molar-refractivity contribution in [2.24, 2.45) is 11.7 Å². The lowest BCUT2D eigenvalue weighted by Gasteiger charge is -2.34. The molecule has 4 nitrogen and oxygen atoms in total. The van der Waals surface area contributed by atoms with Crippen molar-refractivity contribution in [1.82, 2.24) is 4.98 Å². The number of hydrogen-bond donors (Lipinski definition) is 2. The van der Waals surface area contributed by atoms with Gasteiger partial charge in [0.1, 0.15) is 5.82 Å². The second kappa shape index (κ2) is 5.02. The summed E-state index contributed by atoms with van der Waals surface area (Å²) in [4.78, 5) is 6.50.